The number of rotatable bonds is 4. The Kier molecular flexibility index (Phi) is 5.51. The third-order valence-corrected chi connectivity index (χ3v) is 6.75. The van der Waals surface area contributed by atoms with Crippen LogP contribution < -0.4 is 0 Å². The molecule has 1 saturated heterocycles. The second-order valence-electron chi connectivity index (χ2n) is 7.32. The van der Waals surface area contributed by atoms with Gasteiger partial charge in [-0.05, 0) is 35.1 Å². The molecule has 1 aliphatic heterocycles. The van der Waals surface area contributed by atoms with Gasteiger partial charge in [-0.15, -0.1) is 11.3 Å². The highest BCUT2D eigenvalue weighted by molar-refractivity contribution is 7.19. The predicted octanol–water partition coefficient (Wildman–Crippen LogP) is 2.32. The molecule has 5 nitrogen and oxygen atoms in total. The standard InChI is InChI=1S/C22H24O5S/c1-12-15-7-2-3-8-17(15)28-18(12)10-13-5-4-6-14(9-13)22-21(26)20(25)19(24)16(11-23)27-22/h2-9,16,19-26H,10-11H2,1H3/t16-,19-,20?,21-,22?/m1/s1. The van der Waals surface area contributed by atoms with Crippen molar-refractivity contribution in [1.29, 1.82) is 0 Å². The molecule has 1 aromatic heterocycles. The molecule has 148 valence electrons. The molecule has 2 aromatic carbocycles. The maximum Gasteiger partial charge on any atom is 0.113 e. The summed E-state index contributed by atoms with van der Waals surface area (Å²) in [5, 5.41) is 41.1. The van der Waals surface area contributed by atoms with Crippen LogP contribution in [0, 0.1) is 6.92 Å². The van der Waals surface area contributed by atoms with Gasteiger partial charge in [-0.2, -0.15) is 0 Å². The van der Waals surface area contributed by atoms with Crippen molar-refractivity contribution in [3.8, 4) is 0 Å². The van der Waals surface area contributed by atoms with E-state index in [1.807, 2.05) is 36.4 Å². The third kappa shape index (κ3) is 3.48. The van der Waals surface area contributed by atoms with Crippen LogP contribution in [0.5, 0.6) is 0 Å². The zero-order valence-electron chi connectivity index (χ0n) is 15.5. The van der Waals surface area contributed by atoms with Gasteiger partial charge in [0.1, 0.15) is 30.5 Å². The van der Waals surface area contributed by atoms with Crippen LogP contribution >= 0.6 is 11.3 Å². The van der Waals surface area contributed by atoms with Crippen LogP contribution in [-0.2, 0) is 11.2 Å². The van der Waals surface area contributed by atoms with Gasteiger partial charge in [0, 0.05) is 16.0 Å². The van der Waals surface area contributed by atoms with E-state index >= 15 is 0 Å². The zero-order chi connectivity index (χ0) is 19.8. The van der Waals surface area contributed by atoms with E-state index < -0.39 is 37.1 Å². The summed E-state index contributed by atoms with van der Waals surface area (Å²) >= 11 is 1.78. The smallest absolute Gasteiger partial charge is 0.113 e. The number of aryl methyl sites for hydroxylation is 1. The van der Waals surface area contributed by atoms with E-state index in [4.69, 9.17) is 4.74 Å². The summed E-state index contributed by atoms with van der Waals surface area (Å²) in [6, 6.07) is 16.1. The van der Waals surface area contributed by atoms with E-state index in [1.54, 1.807) is 11.3 Å². The van der Waals surface area contributed by atoms with Gasteiger partial charge in [0.2, 0.25) is 0 Å². The van der Waals surface area contributed by atoms with E-state index in [1.165, 1.54) is 20.5 Å². The maximum atomic E-state index is 10.4. The summed E-state index contributed by atoms with van der Waals surface area (Å²) in [6.45, 7) is 1.71. The Bertz CT molecular complexity index is 966. The fraction of sp³-hybridized carbons (Fsp3) is 0.364. The van der Waals surface area contributed by atoms with Gasteiger partial charge in [0.05, 0.1) is 6.61 Å². The molecule has 0 radical (unpaired) electrons. The molecule has 4 N–H and O–H groups in total. The van der Waals surface area contributed by atoms with Crippen molar-refractivity contribution in [1.82, 2.24) is 0 Å². The van der Waals surface area contributed by atoms with Crippen LogP contribution in [-0.4, -0.2) is 51.4 Å². The van der Waals surface area contributed by atoms with Gasteiger partial charge in [0.25, 0.3) is 0 Å². The second kappa shape index (κ2) is 7.91. The van der Waals surface area contributed by atoms with Crippen molar-refractivity contribution in [3.05, 3.63) is 70.1 Å². The summed E-state index contributed by atoms with van der Waals surface area (Å²) in [5.74, 6) is 0. The molecular weight excluding hydrogens is 376 g/mol. The Morgan fingerprint density at radius 1 is 0.964 bits per heavy atom. The minimum Gasteiger partial charge on any atom is -0.394 e. The summed E-state index contributed by atoms with van der Waals surface area (Å²) in [5.41, 5.74) is 3.07. The Labute approximate surface area is 167 Å². The summed E-state index contributed by atoms with van der Waals surface area (Å²) in [4.78, 5) is 1.28. The molecule has 6 heteroatoms. The highest BCUT2D eigenvalue weighted by Crippen LogP contribution is 2.35. The molecule has 0 amide bonds. The Hall–Kier alpha value is -1.80. The first-order valence-corrected chi connectivity index (χ1v) is 10.2. The van der Waals surface area contributed by atoms with E-state index in [0.29, 0.717) is 5.56 Å². The highest BCUT2D eigenvalue weighted by Gasteiger charge is 2.43. The Morgan fingerprint density at radius 2 is 1.75 bits per heavy atom. The van der Waals surface area contributed by atoms with Gasteiger partial charge in [0.15, 0.2) is 0 Å². The van der Waals surface area contributed by atoms with Crippen LogP contribution in [0.25, 0.3) is 10.1 Å². The second-order valence-corrected chi connectivity index (χ2v) is 8.45. The third-order valence-electron chi connectivity index (χ3n) is 5.48. The molecule has 0 bridgehead atoms. The first-order valence-electron chi connectivity index (χ1n) is 9.36. The molecule has 0 saturated carbocycles. The maximum absolute atomic E-state index is 10.4. The summed E-state index contributed by atoms with van der Waals surface area (Å²) in [6.07, 6.45) is -4.93. The van der Waals surface area contributed by atoms with Crippen molar-refractivity contribution < 1.29 is 25.2 Å². The Balaban J connectivity index is 1.61. The molecule has 0 aliphatic carbocycles. The number of thiophene rings is 1. The SMILES string of the molecule is Cc1c(Cc2cccc(C3O[C@H](CO)[C@@H](O)C(O)[C@H]3O)c2)sc2ccccc12. The first-order chi connectivity index (χ1) is 13.5. The number of hydrogen-bond acceptors (Lipinski definition) is 6. The van der Waals surface area contributed by atoms with Gasteiger partial charge >= 0.3 is 0 Å². The summed E-state index contributed by atoms with van der Waals surface area (Å²) in [7, 11) is 0. The summed E-state index contributed by atoms with van der Waals surface area (Å²) < 4.78 is 6.95. The molecule has 28 heavy (non-hydrogen) atoms. The number of aliphatic hydroxyl groups excluding tert-OH is 4. The number of ether oxygens (including phenoxy) is 1. The highest BCUT2D eigenvalue weighted by atomic mass is 32.1. The van der Waals surface area contributed by atoms with Crippen LogP contribution in [0.3, 0.4) is 0 Å². The van der Waals surface area contributed by atoms with E-state index in [2.05, 4.69) is 19.1 Å². The van der Waals surface area contributed by atoms with Crippen LogP contribution in [0.4, 0.5) is 0 Å². The minimum absolute atomic E-state index is 0.428. The molecule has 2 heterocycles. The van der Waals surface area contributed by atoms with Crippen molar-refractivity contribution in [2.75, 3.05) is 6.61 Å². The largest absolute Gasteiger partial charge is 0.394 e. The number of fused-ring (bicyclic) bond motifs is 1. The van der Waals surface area contributed by atoms with Gasteiger partial charge in [-0.3, -0.25) is 0 Å². The van der Waals surface area contributed by atoms with Crippen molar-refractivity contribution in [2.24, 2.45) is 0 Å². The van der Waals surface area contributed by atoms with Crippen molar-refractivity contribution in [2.45, 2.75) is 43.9 Å². The molecule has 2 unspecified atom stereocenters. The quantitative estimate of drug-likeness (QED) is 0.540. The average Bonchev–Trinajstić information content (AvgIpc) is 3.02. The van der Waals surface area contributed by atoms with E-state index in [0.717, 1.165) is 12.0 Å². The molecule has 3 aromatic rings. The normalized spacial score (nSPS) is 28.0. The lowest BCUT2D eigenvalue weighted by molar-refractivity contribution is -0.231. The molecule has 1 aliphatic rings. The van der Waals surface area contributed by atoms with Crippen molar-refractivity contribution in [3.63, 3.8) is 0 Å². The van der Waals surface area contributed by atoms with Gasteiger partial charge < -0.3 is 25.2 Å². The first kappa shape index (κ1) is 19.5. The molecule has 5 atom stereocenters. The van der Waals surface area contributed by atoms with Gasteiger partial charge in [-0.25, -0.2) is 0 Å². The zero-order valence-corrected chi connectivity index (χ0v) is 16.3. The number of hydrogen-bond donors (Lipinski definition) is 4. The van der Waals surface area contributed by atoms with Crippen molar-refractivity contribution >= 4 is 21.4 Å². The minimum atomic E-state index is -1.37. The fourth-order valence-corrected chi connectivity index (χ4v) is 5.08. The average molecular weight is 400 g/mol. The van der Waals surface area contributed by atoms with Gasteiger partial charge in [-0.1, -0.05) is 42.5 Å². The van der Waals surface area contributed by atoms with E-state index in [-0.39, 0.29) is 0 Å². The lowest BCUT2D eigenvalue weighted by atomic mass is 9.90. The number of aliphatic hydroxyl groups is 4. The lowest BCUT2D eigenvalue weighted by Gasteiger charge is -2.40. The fourth-order valence-electron chi connectivity index (χ4n) is 3.84. The van der Waals surface area contributed by atoms with E-state index in [9.17, 15) is 20.4 Å². The monoisotopic (exact) mass is 400 g/mol. The predicted molar refractivity (Wildman–Crippen MR) is 109 cm³/mol. The molecular formula is C22H24O5S. The van der Waals surface area contributed by atoms with Crippen LogP contribution in [0.1, 0.15) is 27.7 Å². The topological polar surface area (TPSA) is 90.2 Å². The Morgan fingerprint density at radius 3 is 2.50 bits per heavy atom. The molecule has 0 spiro atoms. The molecule has 4 rings (SSSR count). The lowest BCUT2D eigenvalue weighted by Crippen LogP contribution is -2.55. The van der Waals surface area contributed by atoms with Crippen LogP contribution in [0.2, 0.25) is 0 Å². The van der Waals surface area contributed by atoms with Crippen LogP contribution in [0.15, 0.2) is 48.5 Å². The molecule has 1 fully saturated rings. The number of benzene rings is 2.